The lowest BCUT2D eigenvalue weighted by Gasteiger charge is -2.46. The lowest BCUT2D eigenvalue weighted by Crippen LogP contribution is -2.58. The largest absolute Gasteiger partial charge is 0.829 e. The van der Waals surface area contributed by atoms with E-state index in [4.69, 9.17) is 14.2 Å². The summed E-state index contributed by atoms with van der Waals surface area (Å²) in [5, 5.41) is 21.0. The zero-order valence-corrected chi connectivity index (χ0v) is 9.93. The highest BCUT2D eigenvalue weighted by atomic mass is 16.8. The number of fused-ring (bicyclic) bond motifs is 2. The summed E-state index contributed by atoms with van der Waals surface area (Å²) in [5.41, 5.74) is -0.848. The highest BCUT2D eigenvalue weighted by molar-refractivity contribution is 4.99. The van der Waals surface area contributed by atoms with Gasteiger partial charge in [-0.25, -0.2) is 0 Å². The van der Waals surface area contributed by atoms with Crippen molar-refractivity contribution in [3.8, 4) is 0 Å². The molecule has 0 aromatic rings. The lowest BCUT2D eigenvalue weighted by atomic mass is 9.88. The molecule has 2 bridgehead atoms. The van der Waals surface area contributed by atoms with E-state index in [1.54, 1.807) is 0 Å². The molecule has 2 rings (SSSR count). The van der Waals surface area contributed by atoms with Crippen LogP contribution in [0.4, 0.5) is 0 Å². The fourth-order valence-corrected chi connectivity index (χ4v) is 2.32. The van der Waals surface area contributed by atoms with E-state index < -0.39 is 17.5 Å². The van der Waals surface area contributed by atoms with Gasteiger partial charge in [-0.05, 0) is 12.2 Å². The molecule has 2 saturated heterocycles. The van der Waals surface area contributed by atoms with Crippen LogP contribution in [0.1, 0.15) is 27.2 Å². The van der Waals surface area contributed by atoms with E-state index in [0.29, 0.717) is 13.0 Å². The molecule has 0 saturated carbocycles. The Bertz CT molecular complexity index is 262. The maximum absolute atomic E-state index is 11.6. The minimum Gasteiger partial charge on any atom is -0.829 e. The average Bonchev–Trinajstić information content (AvgIpc) is 2.55. The summed E-state index contributed by atoms with van der Waals surface area (Å²) in [4.78, 5) is 0. The van der Waals surface area contributed by atoms with Gasteiger partial charge in [0.2, 0.25) is 0 Å². The third-order valence-corrected chi connectivity index (χ3v) is 3.17. The molecular formula is C11H19O5-. The molecule has 0 aliphatic carbocycles. The normalized spacial score (nSPS) is 43.7. The Balaban J connectivity index is 2.15. The Morgan fingerprint density at radius 2 is 2.25 bits per heavy atom. The fourth-order valence-electron chi connectivity index (χ4n) is 2.32. The average molecular weight is 231 g/mol. The first kappa shape index (κ1) is 12.3. The van der Waals surface area contributed by atoms with Crippen LogP contribution in [0.2, 0.25) is 0 Å². The van der Waals surface area contributed by atoms with Crippen LogP contribution in [0, 0.1) is 5.92 Å². The first-order valence-corrected chi connectivity index (χ1v) is 5.65. The highest BCUT2D eigenvalue weighted by Crippen LogP contribution is 2.41. The summed E-state index contributed by atoms with van der Waals surface area (Å²) in [7, 11) is 0. The summed E-state index contributed by atoms with van der Waals surface area (Å²) in [6, 6.07) is 0. The summed E-state index contributed by atoms with van der Waals surface area (Å²) >= 11 is 0. The molecule has 1 N–H and O–H groups in total. The van der Waals surface area contributed by atoms with Crippen molar-refractivity contribution in [2.75, 3.05) is 13.2 Å². The van der Waals surface area contributed by atoms with Gasteiger partial charge in [0, 0.05) is 5.92 Å². The Morgan fingerprint density at radius 1 is 1.56 bits per heavy atom. The van der Waals surface area contributed by atoms with E-state index in [1.165, 1.54) is 13.8 Å². The van der Waals surface area contributed by atoms with Gasteiger partial charge in [0.25, 0.3) is 0 Å². The first-order valence-electron chi connectivity index (χ1n) is 5.65. The molecule has 5 nitrogen and oxygen atoms in total. The molecular weight excluding hydrogens is 212 g/mol. The predicted octanol–water partition coefficient (Wildman–Crippen LogP) is -0.388. The fraction of sp³-hybridized carbons (Fsp3) is 1.00. The molecule has 4 atom stereocenters. The quantitative estimate of drug-likeness (QED) is 0.670. The number of rotatable bonds is 3. The Labute approximate surface area is 95.3 Å². The summed E-state index contributed by atoms with van der Waals surface area (Å²) in [6.45, 7) is 5.02. The minimum atomic E-state index is -1.48. The zero-order chi connectivity index (χ0) is 12.0. The van der Waals surface area contributed by atoms with Crippen molar-refractivity contribution in [2.45, 2.75) is 51.0 Å². The van der Waals surface area contributed by atoms with Crippen molar-refractivity contribution in [1.82, 2.24) is 0 Å². The highest BCUT2D eigenvalue weighted by Gasteiger charge is 2.54. The third kappa shape index (κ3) is 2.10. The van der Waals surface area contributed by atoms with Crippen molar-refractivity contribution in [2.24, 2.45) is 5.92 Å². The molecule has 94 valence electrons. The molecule has 2 heterocycles. The van der Waals surface area contributed by atoms with Crippen molar-refractivity contribution >= 4 is 0 Å². The third-order valence-electron chi connectivity index (χ3n) is 3.17. The van der Waals surface area contributed by atoms with E-state index in [9.17, 15) is 10.2 Å². The second kappa shape index (κ2) is 3.92. The molecule has 5 heteroatoms. The van der Waals surface area contributed by atoms with Crippen molar-refractivity contribution in [3.63, 3.8) is 0 Å². The van der Waals surface area contributed by atoms with E-state index in [0.717, 1.165) is 0 Å². The van der Waals surface area contributed by atoms with Gasteiger partial charge in [0.05, 0.1) is 19.3 Å². The van der Waals surface area contributed by atoms with Gasteiger partial charge in [-0.3, -0.25) is 0 Å². The summed E-state index contributed by atoms with van der Waals surface area (Å²) in [6.07, 6.45) is -0.00260. The molecule has 0 amide bonds. The molecule has 0 unspecified atom stereocenters. The number of aliphatic hydroxyl groups excluding tert-OH is 1. The number of aliphatic hydroxyl groups is 1. The monoisotopic (exact) mass is 231 g/mol. The van der Waals surface area contributed by atoms with Crippen molar-refractivity contribution in [3.05, 3.63) is 0 Å². The molecule has 0 aromatic carbocycles. The minimum absolute atomic E-state index is 0.175. The van der Waals surface area contributed by atoms with E-state index in [1.807, 2.05) is 6.92 Å². The second-order valence-electron chi connectivity index (χ2n) is 5.24. The summed E-state index contributed by atoms with van der Waals surface area (Å²) in [5.74, 6) is -1.31. The van der Waals surface area contributed by atoms with E-state index in [-0.39, 0.29) is 18.8 Å². The van der Waals surface area contributed by atoms with Crippen molar-refractivity contribution < 1.29 is 24.4 Å². The Hall–Kier alpha value is -0.200. The predicted molar refractivity (Wildman–Crippen MR) is 53.4 cm³/mol. The van der Waals surface area contributed by atoms with Crippen molar-refractivity contribution in [1.29, 1.82) is 0 Å². The van der Waals surface area contributed by atoms with Gasteiger partial charge in [0.15, 0.2) is 6.29 Å². The molecule has 2 aliphatic rings. The molecule has 0 radical (unpaired) electrons. The lowest BCUT2D eigenvalue weighted by molar-refractivity contribution is -0.553. The van der Waals surface area contributed by atoms with Crippen LogP contribution in [0.15, 0.2) is 0 Å². The van der Waals surface area contributed by atoms with Gasteiger partial charge in [-0.2, -0.15) is 0 Å². The van der Waals surface area contributed by atoms with E-state index in [2.05, 4.69) is 0 Å². The van der Waals surface area contributed by atoms with Crippen LogP contribution in [0.25, 0.3) is 0 Å². The van der Waals surface area contributed by atoms with Gasteiger partial charge in [-0.15, -0.1) is 0 Å². The second-order valence-corrected chi connectivity index (χ2v) is 5.24. The van der Waals surface area contributed by atoms with Crippen LogP contribution >= 0.6 is 0 Å². The van der Waals surface area contributed by atoms with Gasteiger partial charge in [0.1, 0.15) is 5.60 Å². The maximum atomic E-state index is 11.6. The standard InChI is InChI=1S/C11H19O5/c1-7-4-8(15-10(2,3)13)11(5-12)6-14-9(7)16-11/h7-9,12H,4-6H2,1-3H3/q-1/t7-,8-,9+,11+/m1/s1. The Kier molecular flexibility index (Phi) is 3.01. The number of hydrogen-bond donors (Lipinski definition) is 1. The number of hydrogen-bond acceptors (Lipinski definition) is 5. The molecule has 16 heavy (non-hydrogen) atoms. The topological polar surface area (TPSA) is 71.0 Å². The smallest absolute Gasteiger partial charge is 0.161 e. The number of ether oxygens (including phenoxy) is 3. The SMILES string of the molecule is C[C@@H]1C[C@@H](OC(C)(C)[O-])[C@]2(CO)CO[C@H]1O2. The van der Waals surface area contributed by atoms with Crippen LogP contribution in [0.5, 0.6) is 0 Å². The van der Waals surface area contributed by atoms with Crippen LogP contribution < -0.4 is 5.11 Å². The molecule has 2 fully saturated rings. The summed E-state index contributed by atoms with van der Waals surface area (Å²) < 4.78 is 16.6. The van der Waals surface area contributed by atoms with Crippen LogP contribution in [-0.2, 0) is 14.2 Å². The van der Waals surface area contributed by atoms with Gasteiger partial charge < -0.3 is 24.4 Å². The first-order chi connectivity index (χ1) is 7.36. The van der Waals surface area contributed by atoms with E-state index >= 15 is 0 Å². The van der Waals surface area contributed by atoms with Gasteiger partial charge in [-0.1, -0.05) is 20.8 Å². The zero-order valence-electron chi connectivity index (χ0n) is 9.93. The van der Waals surface area contributed by atoms with Gasteiger partial charge >= 0.3 is 0 Å². The molecule has 0 spiro atoms. The maximum Gasteiger partial charge on any atom is 0.161 e. The molecule has 0 aromatic heterocycles. The molecule has 2 aliphatic heterocycles. The van der Waals surface area contributed by atoms with Crippen LogP contribution in [-0.4, -0.2) is 42.1 Å². The van der Waals surface area contributed by atoms with Crippen LogP contribution in [0.3, 0.4) is 0 Å². The Morgan fingerprint density at radius 3 is 2.81 bits per heavy atom.